The number of carbonyl (C=O) groups excluding carboxylic acids is 1. The molecule has 6 nitrogen and oxygen atoms in total. The normalized spacial score (nSPS) is 13.3. The van der Waals surface area contributed by atoms with Gasteiger partial charge in [0, 0.05) is 34.4 Å². The molecular formula is C22H20ClN2O4P. The average molecular weight is 443 g/mol. The number of H-pyrrole nitrogens is 1. The molecule has 1 atom stereocenters. The van der Waals surface area contributed by atoms with Crippen LogP contribution in [-0.2, 0) is 13.8 Å². The number of halogens is 1. The first kappa shape index (κ1) is 21.9. The molecule has 1 N–H and O–H groups in total. The van der Waals surface area contributed by atoms with Gasteiger partial charge in [0.2, 0.25) is 0 Å². The van der Waals surface area contributed by atoms with E-state index in [0.717, 1.165) is 5.56 Å². The van der Waals surface area contributed by atoms with Crippen LogP contribution in [0.15, 0.2) is 42.5 Å². The van der Waals surface area contributed by atoms with E-state index in [2.05, 4.69) is 4.98 Å². The number of ether oxygens (including phenoxy) is 1. The first-order valence-corrected chi connectivity index (χ1v) is 11.2. The maximum absolute atomic E-state index is 14.3. The molecule has 8 heteroatoms. The Bertz CT molecular complexity index is 1240. The number of hydrogen-bond acceptors (Lipinski definition) is 5. The molecule has 1 heterocycles. The molecule has 0 radical (unpaired) electrons. The summed E-state index contributed by atoms with van der Waals surface area (Å²) in [5.41, 5.74) is 2.18. The number of allylic oxidation sites excluding steroid dienone is 1. The lowest BCUT2D eigenvalue weighted by Crippen LogP contribution is -2.24. The van der Waals surface area contributed by atoms with Crippen LogP contribution >= 0.6 is 19.0 Å². The lowest BCUT2D eigenvalue weighted by Gasteiger charge is -2.19. The molecule has 1 aromatic heterocycles. The SMILES string of the molecule is CCOC(=O)c1[nH]c2ccc(Cl)cc2c1P(=O)(OC)c1cc(C)cc(C=CC#N)c1. The van der Waals surface area contributed by atoms with E-state index in [1.807, 2.05) is 19.1 Å². The number of esters is 1. The molecule has 0 aliphatic carbocycles. The molecule has 1 unspecified atom stereocenters. The highest BCUT2D eigenvalue weighted by Crippen LogP contribution is 2.47. The standard InChI is InChI=1S/C22H20ClN2O4P/c1-4-29-22(26)20-21(18-13-16(23)7-8-19(18)25-20)30(27,28-3)17-11-14(2)10-15(12-17)6-5-9-24/h5-8,10-13,25H,4H2,1-3H3. The molecule has 0 amide bonds. The van der Waals surface area contributed by atoms with E-state index in [0.29, 0.717) is 26.8 Å². The number of aromatic amines is 1. The average Bonchev–Trinajstić information content (AvgIpc) is 3.10. The van der Waals surface area contributed by atoms with E-state index in [9.17, 15) is 9.36 Å². The number of carbonyl (C=O) groups is 1. The Labute approximate surface area is 179 Å². The van der Waals surface area contributed by atoms with Crippen LogP contribution < -0.4 is 10.6 Å². The molecular weight excluding hydrogens is 423 g/mol. The van der Waals surface area contributed by atoms with E-state index in [-0.39, 0.29) is 17.6 Å². The van der Waals surface area contributed by atoms with Gasteiger partial charge < -0.3 is 14.2 Å². The maximum Gasteiger partial charge on any atom is 0.355 e. The summed E-state index contributed by atoms with van der Waals surface area (Å²) in [5, 5.41) is 10.4. The van der Waals surface area contributed by atoms with Crippen LogP contribution in [0.1, 0.15) is 28.5 Å². The molecule has 0 spiro atoms. The van der Waals surface area contributed by atoms with Crippen molar-refractivity contribution in [1.29, 1.82) is 5.26 Å². The molecule has 0 saturated heterocycles. The van der Waals surface area contributed by atoms with Gasteiger partial charge in [0.1, 0.15) is 5.69 Å². The zero-order valence-corrected chi connectivity index (χ0v) is 18.4. The van der Waals surface area contributed by atoms with Crippen molar-refractivity contribution in [3.8, 4) is 6.07 Å². The van der Waals surface area contributed by atoms with Gasteiger partial charge in [-0.2, -0.15) is 5.26 Å². The molecule has 0 aliphatic rings. The topological polar surface area (TPSA) is 92.2 Å². The third-order valence-corrected chi connectivity index (χ3v) is 7.28. The summed E-state index contributed by atoms with van der Waals surface area (Å²) >= 11 is 6.19. The van der Waals surface area contributed by atoms with E-state index >= 15 is 0 Å². The van der Waals surface area contributed by atoms with E-state index in [1.165, 1.54) is 13.2 Å². The first-order valence-electron chi connectivity index (χ1n) is 9.17. The number of fused-ring (bicyclic) bond motifs is 1. The lowest BCUT2D eigenvalue weighted by molar-refractivity contribution is 0.0522. The molecule has 3 aromatic rings. The third-order valence-electron chi connectivity index (χ3n) is 4.54. The van der Waals surface area contributed by atoms with Crippen LogP contribution in [0.25, 0.3) is 17.0 Å². The summed E-state index contributed by atoms with van der Waals surface area (Å²) in [7, 11) is -2.39. The molecule has 154 valence electrons. The second-order valence-electron chi connectivity index (χ2n) is 6.56. The minimum absolute atomic E-state index is 0.0647. The Morgan fingerprint density at radius 2 is 2.07 bits per heavy atom. The lowest BCUT2D eigenvalue weighted by atomic mass is 10.1. The monoisotopic (exact) mass is 442 g/mol. The van der Waals surface area contributed by atoms with Gasteiger partial charge in [-0.25, -0.2) is 4.79 Å². The summed E-state index contributed by atoms with van der Waals surface area (Å²) in [6, 6.07) is 12.3. The van der Waals surface area contributed by atoms with Crippen LogP contribution in [0, 0.1) is 18.3 Å². The van der Waals surface area contributed by atoms with Gasteiger partial charge in [-0.05, 0) is 61.4 Å². The van der Waals surface area contributed by atoms with Crippen molar-refractivity contribution in [3.05, 3.63) is 64.3 Å². The smallest absolute Gasteiger partial charge is 0.355 e. The third kappa shape index (κ3) is 4.06. The van der Waals surface area contributed by atoms with Gasteiger partial charge in [0.25, 0.3) is 7.37 Å². The fraction of sp³-hybridized carbons (Fsp3) is 0.182. The predicted molar refractivity (Wildman–Crippen MR) is 119 cm³/mol. The minimum Gasteiger partial charge on any atom is -0.461 e. The van der Waals surface area contributed by atoms with Crippen LogP contribution in [0.3, 0.4) is 0 Å². The quantitative estimate of drug-likeness (QED) is 0.339. The van der Waals surface area contributed by atoms with Gasteiger partial charge >= 0.3 is 5.97 Å². The summed E-state index contributed by atoms with van der Waals surface area (Å²) in [6.45, 7) is 3.71. The Morgan fingerprint density at radius 1 is 1.30 bits per heavy atom. The van der Waals surface area contributed by atoms with Crippen molar-refractivity contribution in [2.45, 2.75) is 13.8 Å². The molecule has 0 fully saturated rings. The van der Waals surface area contributed by atoms with Gasteiger partial charge in [-0.3, -0.25) is 4.57 Å². The van der Waals surface area contributed by atoms with Crippen molar-refractivity contribution < 1.29 is 18.6 Å². The molecule has 0 saturated carbocycles. The van der Waals surface area contributed by atoms with Gasteiger partial charge in [0.15, 0.2) is 0 Å². The number of nitrogens with zero attached hydrogens (tertiary/aromatic N) is 1. The van der Waals surface area contributed by atoms with Crippen LogP contribution in [-0.4, -0.2) is 24.7 Å². The largest absolute Gasteiger partial charge is 0.461 e. The summed E-state index contributed by atoms with van der Waals surface area (Å²) in [6.07, 6.45) is 2.96. The molecule has 30 heavy (non-hydrogen) atoms. The summed E-state index contributed by atoms with van der Waals surface area (Å²) in [4.78, 5) is 15.7. The number of hydrogen-bond donors (Lipinski definition) is 1. The molecule has 0 bridgehead atoms. The second-order valence-corrected chi connectivity index (χ2v) is 9.43. The number of nitriles is 1. The van der Waals surface area contributed by atoms with Crippen molar-refractivity contribution in [2.75, 3.05) is 13.7 Å². The van der Waals surface area contributed by atoms with Crippen LogP contribution in [0.5, 0.6) is 0 Å². The minimum atomic E-state index is -3.73. The van der Waals surface area contributed by atoms with Gasteiger partial charge in [0.05, 0.1) is 18.0 Å². The zero-order valence-electron chi connectivity index (χ0n) is 16.7. The molecule has 3 rings (SSSR count). The Balaban J connectivity index is 2.35. The van der Waals surface area contributed by atoms with Crippen molar-refractivity contribution >= 4 is 52.5 Å². The highest BCUT2D eigenvalue weighted by molar-refractivity contribution is 7.75. The highest BCUT2D eigenvalue weighted by atomic mass is 35.5. The van der Waals surface area contributed by atoms with E-state index < -0.39 is 13.3 Å². The van der Waals surface area contributed by atoms with E-state index in [4.69, 9.17) is 26.1 Å². The zero-order chi connectivity index (χ0) is 21.9. The molecule has 2 aromatic carbocycles. The number of aryl methyl sites for hydroxylation is 1. The predicted octanol–water partition coefficient (Wildman–Crippen LogP) is 4.72. The highest BCUT2D eigenvalue weighted by Gasteiger charge is 2.36. The fourth-order valence-corrected chi connectivity index (χ4v) is 5.78. The second kappa shape index (κ2) is 8.89. The van der Waals surface area contributed by atoms with Gasteiger partial charge in [-0.15, -0.1) is 0 Å². The first-order chi connectivity index (χ1) is 14.3. The number of nitrogens with one attached hydrogen (secondary N) is 1. The number of benzene rings is 2. The van der Waals surface area contributed by atoms with Crippen LogP contribution in [0.4, 0.5) is 0 Å². The maximum atomic E-state index is 14.3. The van der Waals surface area contributed by atoms with Crippen molar-refractivity contribution in [1.82, 2.24) is 4.98 Å². The number of aromatic nitrogens is 1. The van der Waals surface area contributed by atoms with E-state index in [1.54, 1.807) is 43.3 Å². The Kier molecular flexibility index (Phi) is 6.48. The van der Waals surface area contributed by atoms with Gasteiger partial charge in [-0.1, -0.05) is 17.7 Å². The number of rotatable bonds is 6. The Morgan fingerprint density at radius 3 is 2.73 bits per heavy atom. The van der Waals surface area contributed by atoms with Crippen molar-refractivity contribution in [2.24, 2.45) is 0 Å². The van der Waals surface area contributed by atoms with Crippen LogP contribution in [0.2, 0.25) is 5.02 Å². The van der Waals surface area contributed by atoms with Crippen molar-refractivity contribution in [3.63, 3.8) is 0 Å². The Hall–Kier alpha value is -2.84. The summed E-state index contributed by atoms with van der Waals surface area (Å²) < 4.78 is 25.1. The fourth-order valence-electron chi connectivity index (χ4n) is 3.32. The summed E-state index contributed by atoms with van der Waals surface area (Å²) in [5.74, 6) is -0.630. The molecule has 0 aliphatic heterocycles.